The second kappa shape index (κ2) is 9.87. The number of hydrogen-bond donors (Lipinski definition) is 2. The van der Waals surface area contributed by atoms with Crippen LogP contribution in [0.1, 0.15) is 5.56 Å². The molecule has 0 heterocycles. The Hall–Kier alpha value is -3.70. The topological polar surface area (TPSA) is 64.9 Å². The molecule has 31 heavy (non-hydrogen) atoms. The Morgan fingerprint density at radius 3 is 2.23 bits per heavy atom. The summed E-state index contributed by atoms with van der Waals surface area (Å²) in [5.74, 6) is -0.636. The highest BCUT2D eigenvalue weighted by atomic mass is 32.2. The van der Waals surface area contributed by atoms with Crippen LogP contribution in [-0.4, -0.2) is 5.91 Å². The fourth-order valence-electron chi connectivity index (χ4n) is 2.52. The van der Waals surface area contributed by atoms with Gasteiger partial charge in [0.2, 0.25) is 0 Å². The van der Waals surface area contributed by atoms with Crippen LogP contribution in [0.4, 0.5) is 24.5 Å². The average Bonchev–Trinajstić information content (AvgIpc) is 2.76. The van der Waals surface area contributed by atoms with Crippen molar-refractivity contribution < 1.29 is 18.0 Å². The molecule has 3 aromatic rings. The highest BCUT2D eigenvalue weighted by Gasteiger charge is 2.29. The van der Waals surface area contributed by atoms with Gasteiger partial charge in [0, 0.05) is 21.7 Å². The van der Waals surface area contributed by atoms with Crippen molar-refractivity contribution in [2.24, 2.45) is 0 Å². The van der Waals surface area contributed by atoms with Gasteiger partial charge in [0.1, 0.15) is 11.6 Å². The van der Waals surface area contributed by atoms with Gasteiger partial charge < -0.3 is 10.6 Å². The molecule has 3 aromatic carbocycles. The molecule has 1 amide bonds. The Balaban J connectivity index is 1.71. The first kappa shape index (κ1) is 22.0. The van der Waals surface area contributed by atoms with Crippen LogP contribution in [0.15, 0.2) is 100 Å². The van der Waals surface area contributed by atoms with Crippen molar-refractivity contribution in [3.05, 3.63) is 96.2 Å². The van der Waals surface area contributed by atoms with Gasteiger partial charge in [-0.05, 0) is 48.5 Å². The molecule has 8 heteroatoms. The predicted octanol–water partition coefficient (Wildman–Crippen LogP) is 6.31. The van der Waals surface area contributed by atoms with Crippen molar-refractivity contribution in [2.75, 3.05) is 10.6 Å². The standard InChI is InChI=1S/C23H16F3N3OS/c24-23(25,26)17-10-12-18(13-11-17)28-15-16(14-27)22(30)29-20-8-4-5-9-21(20)31-19-6-2-1-3-7-19/h1-13,15,28H,(H,29,30)/b16-15-. The molecule has 0 aliphatic heterocycles. The lowest BCUT2D eigenvalue weighted by molar-refractivity contribution is -0.137. The Morgan fingerprint density at radius 1 is 0.935 bits per heavy atom. The van der Waals surface area contributed by atoms with Gasteiger partial charge in [-0.25, -0.2) is 0 Å². The molecule has 4 nitrogen and oxygen atoms in total. The van der Waals surface area contributed by atoms with Crippen LogP contribution in [0.25, 0.3) is 0 Å². The van der Waals surface area contributed by atoms with E-state index >= 15 is 0 Å². The number of anilines is 2. The van der Waals surface area contributed by atoms with E-state index in [2.05, 4.69) is 10.6 Å². The van der Waals surface area contributed by atoms with Gasteiger partial charge in [-0.2, -0.15) is 18.4 Å². The van der Waals surface area contributed by atoms with E-state index in [0.29, 0.717) is 11.4 Å². The molecule has 0 atom stereocenters. The third kappa shape index (κ3) is 6.14. The Morgan fingerprint density at radius 2 is 1.58 bits per heavy atom. The van der Waals surface area contributed by atoms with E-state index in [9.17, 15) is 23.2 Å². The lowest BCUT2D eigenvalue weighted by Gasteiger charge is -2.11. The molecule has 0 radical (unpaired) electrons. The molecule has 3 rings (SSSR count). The first-order valence-electron chi connectivity index (χ1n) is 9.04. The first-order valence-corrected chi connectivity index (χ1v) is 9.86. The molecule has 0 bridgehead atoms. The van der Waals surface area contributed by atoms with Crippen LogP contribution in [0.3, 0.4) is 0 Å². The number of para-hydroxylation sites is 1. The number of nitriles is 1. The van der Waals surface area contributed by atoms with Crippen LogP contribution >= 0.6 is 11.8 Å². The highest BCUT2D eigenvalue weighted by molar-refractivity contribution is 7.99. The molecular formula is C23H16F3N3OS. The predicted molar refractivity (Wildman–Crippen MR) is 114 cm³/mol. The van der Waals surface area contributed by atoms with Crippen LogP contribution in [-0.2, 0) is 11.0 Å². The Labute approximate surface area is 181 Å². The fourth-order valence-corrected chi connectivity index (χ4v) is 3.45. The molecule has 0 saturated carbocycles. The maximum absolute atomic E-state index is 12.6. The van der Waals surface area contributed by atoms with E-state index in [4.69, 9.17) is 0 Å². The van der Waals surface area contributed by atoms with Crippen molar-refractivity contribution in [1.82, 2.24) is 0 Å². The minimum Gasteiger partial charge on any atom is -0.360 e. The van der Waals surface area contributed by atoms with Crippen molar-refractivity contribution in [3.63, 3.8) is 0 Å². The number of amides is 1. The van der Waals surface area contributed by atoms with Gasteiger partial charge in [-0.3, -0.25) is 4.79 Å². The summed E-state index contributed by atoms with van der Waals surface area (Å²) in [5, 5.41) is 14.7. The summed E-state index contributed by atoms with van der Waals surface area (Å²) in [5.41, 5.74) is -0.155. The molecule has 0 saturated heterocycles. The van der Waals surface area contributed by atoms with Gasteiger partial charge in [0.15, 0.2) is 0 Å². The van der Waals surface area contributed by atoms with Crippen LogP contribution in [0, 0.1) is 11.3 Å². The van der Waals surface area contributed by atoms with Crippen molar-refractivity contribution in [1.29, 1.82) is 5.26 Å². The Bertz CT molecular complexity index is 1120. The van der Waals surface area contributed by atoms with E-state index in [0.717, 1.165) is 28.1 Å². The van der Waals surface area contributed by atoms with Crippen molar-refractivity contribution in [3.8, 4) is 6.07 Å². The third-order valence-electron chi connectivity index (χ3n) is 4.07. The first-order chi connectivity index (χ1) is 14.9. The van der Waals surface area contributed by atoms with E-state index in [-0.39, 0.29) is 5.57 Å². The normalized spacial score (nSPS) is 11.5. The molecule has 2 N–H and O–H groups in total. The summed E-state index contributed by atoms with van der Waals surface area (Å²) in [7, 11) is 0. The quantitative estimate of drug-likeness (QED) is 0.349. The maximum atomic E-state index is 12.6. The summed E-state index contributed by atoms with van der Waals surface area (Å²) in [6.45, 7) is 0. The summed E-state index contributed by atoms with van der Waals surface area (Å²) in [6.07, 6.45) is -3.28. The number of nitrogens with zero attached hydrogens (tertiary/aromatic N) is 1. The SMILES string of the molecule is N#C/C(=C/Nc1ccc(C(F)(F)F)cc1)C(=O)Nc1ccccc1Sc1ccccc1. The monoisotopic (exact) mass is 439 g/mol. The number of halogens is 3. The number of alkyl halides is 3. The zero-order chi connectivity index (χ0) is 22.3. The van der Waals surface area contributed by atoms with Gasteiger partial charge in [-0.15, -0.1) is 0 Å². The molecule has 0 unspecified atom stereocenters. The zero-order valence-electron chi connectivity index (χ0n) is 16.0. The summed E-state index contributed by atoms with van der Waals surface area (Å²) >= 11 is 1.46. The van der Waals surface area contributed by atoms with Crippen molar-refractivity contribution >= 4 is 29.0 Å². The third-order valence-corrected chi connectivity index (χ3v) is 5.15. The van der Waals surface area contributed by atoms with Crippen LogP contribution in [0.5, 0.6) is 0 Å². The van der Waals surface area contributed by atoms with E-state index in [1.807, 2.05) is 42.5 Å². The Kier molecular flexibility index (Phi) is 7.00. The van der Waals surface area contributed by atoms with Gasteiger partial charge in [0.05, 0.1) is 11.3 Å². The number of carbonyl (C=O) groups is 1. The second-order valence-electron chi connectivity index (χ2n) is 6.25. The number of rotatable bonds is 6. The molecule has 0 aliphatic rings. The summed E-state index contributed by atoms with van der Waals surface area (Å²) < 4.78 is 37.9. The smallest absolute Gasteiger partial charge is 0.360 e. The number of carbonyl (C=O) groups excluding carboxylic acids is 1. The molecular weight excluding hydrogens is 423 g/mol. The van der Waals surface area contributed by atoms with Crippen LogP contribution in [0.2, 0.25) is 0 Å². The fraction of sp³-hybridized carbons (Fsp3) is 0.0435. The number of benzene rings is 3. The summed E-state index contributed by atoms with van der Waals surface area (Å²) in [6, 6.07) is 22.9. The lowest BCUT2D eigenvalue weighted by Crippen LogP contribution is -2.15. The maximum Gasteiger partial charge on any atom is 0.416 e. The summed E-state index contributed by atoms with van der Waals surface area (Å²) in [4.78, 5) is 14.3. The van der Waals surface area contributed by atoms with E-state index < -0.39 is 17.6 Å². The van der Waals surface area contributed by atoms with Crippen molar-refractivity contribution in [2.45, 2.75) is 16.0 Å². The molecule has 0 fully saturated rings. The highest BCUT2D eigenvalue weighted by Crippen LogP contribution is 2.33. The molecule has 0 spiro atoms. The lowest BCUT2D eigenvalue weighted by atomic mass is 10.2. The molecule has 0 aromatic heterocycles. The number of hydrogen-bond acceptors (Lipinski definition) is 4. The second-order valence-corrected chi connectivity index (χ2v) is 7.37. The largest absolute Gasteiger partial charge is 0.416 e. The van der Waals surface area contributed by atoms with Gasteiger partial charge >= 0.3 is 6.18 Å². The zero-order valence-corrected chi connectivity index (χ0v) is 16.8. The molecule has 156 valence electrons. The minimum absolute atomic E-state index is 0.223. The van der Waals surface area contributed by atoms with E-state index in [1.54, 1.807) is 18.2 Å². The van der Waals surface area contributed by atoms with Gasteiger partial charge in [0.25, 0.3) is 5.91 Å². The number of nitrogens with one attached hydrogen (secondary N) is 2. The molecule has 0 aliphatic carbocycles. The average molecular weight is 439 g/mol. The van der Waals surface area contributed by atoms with E-state index in [1.165, 1.54) is 23.9 Å². The van der Waals surface area contributed by atoms with Crippen LogP contribution < -0.4 is 10.6 Å². The minimum atomic E-state index is -4.43. The van der Waals surface area contributed by atoms with Gasteiger partial charge in [-0.1, -0.05) is 42.1 Å².